The van der Waals surface area contributed by atoms with Crippen molar-refractivity contribution in [3.05, 3.63) is 29.8 Å². The predicted molar refractivity (Wildman–Crippen MR) is 170 cm³/mol. The molecule has 2 N–H and O–H groups in total. The number of nitrogens with one attached hydrogen (secondary N) is 2. The summed E-state index contributed by atoms with van der Waals surface area (Å²) in [5.74, 6) is 0.437. The molecule has 0 unspecified atom stereocenters. The van der Waals surface area contributed by atoms with E-state index in [2.05, 4.69) is 10.6 Å². The van der Waals surface area contributed by atoms with Gasteiger partial charge in [0.25, 0.3) is 0 Å². The van der Waals surface area contributed by atoms with E-state index in [0.29, 0.717) is 58.3 Å². The number of likely N-dealkylation sites (tertiary alicyclic amines) is 1. The Hall–Kier alpha value is -3.83. The van der Waals surface area contributed by atoms with Crippen molar-refractivity contribution in [2.24, 2.45) is 5.92 Å². The van der Waals surface area contributed by atoms with Gasteiger partial charge in [-0.05, 0) is 45.6 Å². The van der Waals surface area contributed by atoms with Gasteiger partial charge in [0, 0.05) is 44.5 Å². The molecular weight excluding hydrogens is 592 g/mol. The number of carbonyl (C=O) groups is 5. The van der Waals surface area contributed by atoms with Crippen LogP contribution in [0.1, 0.15) is 90.5 Å². The molecule has 1 saturated carbocycles. The molecule has 1 aliphatic carbocycles. The van der Waals surface area contributed by atoms with Gasteiger partial charge in [-0.2, -0.15) is 0 Å². The second-order valence-electron chi connectivity index (χ2n) is 13.6. The third-order valence-electron chi connectivity index (χ3n) is 8.74. The largest absolute Gasteiger partial charge is 0.491 e. The highest BCUT2D eigenvalue weighted by atomic mass is 16.6. The van der Waals surface area contributed by atoms with Crippen LogP contribution in [0.3, 0.4) is 0 Å². The quantitative estimate of drug-likeness (QED) is 0.359. The lowest BCUT2D eigenvalue weighted by Crippen LogP contribution is -2.52. The van der Waals surface area contributed by atoms with Crippen molar-refractivity contribution < 1.29 is 38.2 Å². The molecule has 2 fully saturated rings. The fourth-order valence-corrected chi connectivity index (χ4v) is 6.23. The molecule has 0 bridgehead atoms. The van der Waals surface area contributed by atoms with E-state index >= 15 is 0 Å². The Morgan fingerprint density at radius 3 is 2.39 bits per heavy atom. The number of nitrogens with zero attached hydrogens (tertiary/aromatic N) is 2. The topological polar surface area (TPSA) is 144 Å². The molecule has 3 aliphatic rings. The summed E-state index contributed by atoms with van der Waals surface area (Å²) in [5, 5.41) is 5.51. The normalized spacial score (nSPS) is 19.0. The summed E-state index contributed by atoms with van der Waals surface area (Å²) >= 11 is 0. The number of rotatable bonds is 10. The first-order valence-corrected chi connectivity index (χ1v) is 16.7. The van der Waals surface area contributed by atoms with Crippen molar-refractivity contribution in [1.29, 1.82) is 0 Å². The highest BCUT2D eigenvalue weighted by Gasteiger charge is 2.32. The smallest absolute Gasteiger partial charge is 0.410 e. The summed E-state index contributed by atoms with van der Waals surface area (Å²) in [4.78, 5) is 67.2. The highest BCUT2D eigenvalue weighted by molar-refractivity contribution is 5.87. The Bertz CT molecular complexity index is 1200. The molecule has 0 radical (unpaired) electrons. The number of aldehydes is 1. The van der Waals surface area contributed by atoms with Crippen molar-refractivity contribution in [2.75, 3.05) is 26.2 Å². The number of alkyl carbamates (subject to hydrolysis) is 1. The maximum atomic E-state index is 13.5. The lowest BCUT2D eigenvalue weighted by atomic mass is 9.84. The summed E-state index contributed by atoms with van der Waals surface area (Å²) in [7, 11) is 0. The summed E-state index contributed by atoms with van der Waals surface area (Å²) in [6.07, 6.45) is 5.97. The molecule has 46 heavy (non-hydrogen) atoms. The molecule has 2 heterocycles. The van der Waals surface area contributed by atoms with Crippen molar-refractivity contribution >= 4 is 30.3 Å². The van der Waals surface area contributed by atoms with E-state index in [1.807, 2.05) is 45.0 Å². The Labute approximate surface area is 271 Å². The van der Waals surface area contributed by atoms with E-state index in [1.54, 1.807) is 9.80 Å². The maximum Gasteiger partial charge on any atom is 0.410 e. The minimum absolute atomic E-state index is 0.0800. The minimum atomic E-state index is -0.880. The number of piperidine rings is 1. The van der Waals surface area contributed by atoms with E-state index < -0.39 is 41.9 Å². The van der Waals surface area contributed by atoms with E-state index in [9.17, 15) is 24.0 Å². The first-order chi connectivity index (χ1) is 22.0. The second kappa shape index (κ2) is 16.6. The van der Waals surface area contributed by atoms with Crippen LogP contribution in [-0.4, -0.2) is 90.1 Å². The number of amides is 4. The number of fused-ring (bicyclic) bond motifs is 1. The van der Waals surface area contributed by atoms with Crippen LogP contribution in [0, 0.1) is 5.92 Å². The van der Waals surface area contributed by atoms with Crippen molar-refractivity contribution in [3.8, 4) is 5.75 Å². The van der Waals surface area contributed by atoms with Crippen LogP contribution in [0.15, 0.2) is 24.3 Å². The summed E-state index contributed by atoms with van der Waals surface area (Å²) in [6.45, 7) is 7.47. The van der Waals surface area contributed by atoms with E-state index in [1.165, 1.54) is 0 Å². The molecule has 0 aromatic heterocycles. The van der Waals surface area contributed by atoms with Gasteiger partial charge in [-0.1, -0.05) is 50.3 Å². The first kappa shape index (κ1) is 35.0. The molecular formula is C34H50N4O8. The number of hydrogen-bond acceptors (Lipinski definition) is 8. The summed E-state index contributed by atoms with van der Waals surface area (Å²) < 4.78 is 16.9. The van der Waals surface area contributed by atoms with Crippen molar-refractivity contribution in [1.82, 2.24) is 20.4 Å². The van der Waals surface area contributed by atoms with Crippen molar-refractivity contribution in [3.63, 3.8) is 0 Å². The van der Waals surface area contributed by atoms with Gasteiger partial charge in [-0.3, -0.25) is 9.59 Å². The molecule has 4 rings (SSSR count). The Morgan fingerprint density at radius 2 is 1.70 bits per heavy atom. The van der Waals surface area contributed by atoms with Crippen LogP contribution >= 0.6 is 0 Å². The molecule has 12 heteroatoms. The fourth-order valence-electron chi connectivity index (χ4n) is 6.23. The number of para-hydroxylation sites is 1. The van der Waals surface area contributed by atoms with Crippen LogP contribution in [-0.2, 0) is 30.4 Å². The number of ether oxygens (including phenoxy) is 3. The summed E-state index contributed by atoms with van der Waals surface area (Å²) in [6, 6.07) is 5.83. The third-order valence-corrected chi connectivity index (χ3v) is 8.74. The highest BCUT2D eigenvalue weighted by Crippen LogP contribution is 2.28. The van der Waals surface area contributed by atoms with Gasteiger partial charge >= 0.3 is 12.2 Å². The van der Waals surface area contributed by atoms with Gasteiger partial charge in [0.05, 0.1) is 12.6 Å². The summed E-state index contributed by atoms with van der Waals surface area (Å²) in [5.41, 5.74) is 0.330. The first-order valence-electron chi connectivity index (χ1n) is 16.7. The molecule has 1 aromatic carbocycles. The van der Waals surface area contributed by atoms with E-state index in [4.69, 9.17) is 14.2 Å². The maximum absolute atomic E-state index is 13.5. The Balaban J connectivity index is 1.28. The SMILES string of the molecule is CC(C)(C)OC(=O)N1CCC(OC(=O)N[C@@H](CC2CCCCC2)C(=O)N[C@H](C=O)CCC(=O)N2CCOc3ccccc3C2)CC1. The van der Waals surface area contributed by atoms with Crippen LogP contribution < -0.4 is 15.4 Å². The molecule has 1 saturated heterocycles. The second-order valence-corrected chi connectivity index (χ2v) is 13.6. The zero-order chi connectivity index (χ0) is 33.1. The molecule has 0 spiro atoms. The minimum Gasteiger partial charge on any atom is -0.491 e. The zero-order valence-corrected chi connectivity index (χ0v) is 27.5. The predicted octanol–water partition coefficient (Wildman–Crippen LogP) is 4.34. The number of benzene rings is 1. The van der Waals surface area contributed by atoms with Crippen LogP contribution in [0.4, 0.5) is 9.59 Å². The lowest BCUT2D eigenvalue weighted by Gasteiger charge is -2.33. The third kappa shape index (κ3) is 10.9. The monoisotopic (exact) mass is 642 g/mol. The molecule has 1 aromatic rings. The van der Waals surface area contributed by atoms with Gasteiger partial charge in [0.1, 0.15) is 36.4 Å². The molecule has 2 atom stereocenters. The van der Waals surface area contributed by atoms with Gasteiger partial charge in [-0.25, -0.2) is 9.59 Å². The molecule has 4 amide bonds. The fraction of sp³-hybridized carbons (Fsp3) is 0.676. The van der Waals surface area contributed by atoms with Gasteiger partial charge < -0.3 is 39.4 Å². The molecule has 12 nitrogen and oxygen atoms in total. The van der Waals surface area contributed by atoms with Crippen LogP contribution in [0.2, 0.25) is 0 Å². The average molecular weight is 643 g/mol. The Morgan fingerprint density at radius 1 is 0.978 bits per heavy atom. The standard InChI is InChI=1S/C34H50N4O8/c1-34(2,3)46-33(43)37-17-15-27(16-18-37)45-32(42)36-28(21-24-9-5-4-6-10-24)31(41)35-26(23-39)13-14-30(40)38-19-20-44-29-12-8-7-11-25(29)22-38/h7-8,11-12,23-24,26-28H,4-6,9-10,13-22H2,1-3H3,(H,35,41)(H,36,42)/t26-,28-/m0/s1. The lowest BCUT2D eigenvalue weighted by molar-refractivity contribution is -0.133. The van der Waals surface area contributed by atoms with Gasteiger partial charge in [-0.15, -0.1) is 0 Å². The molecule has 2 aliphatic heterocycles. The number of carbonyl (C=O) groups excluding carboxylic acids is 5. The number of hydrogen-bond donors (Lipinski definition) is 2. The molecule has 254 valence electrons. The van der Waals surface area contributed by atoms with E-state index in [0.717, 1.165) is 43.4 Å². The van der Waals surface area contributed by atoms with Crippen LogP contribution in [0.5, 0.6) is 5.75 Å². The average Bonchev–Trinajstić information content (AvgIpc) is 3.25. The Kier molecular flexibility index (Phi) is 12.7. The van der Waals surface area contributed by atoms with Crippen molar-refractivity contribution in [2.45, 2.75) is 115 Å². The van der Waals surface area contributed by atoms with E-state index in [-0.39, 0.29) is 24.7 Å². The zero-order valence-electron chi connectivity index (χ0n) is 27.5. The van der Waals surface area contributed by atoms with Gasteiger partial charge in [0.2, 0.25) is 11.8 Å². The van der Waals surface area contributed by atoms with Gasteiger partial charge in [0.15, 0.2) is 0 Å². The van der Waals surface area contributed by atoms with Crippen LogP contribution in [0.25, 0.3) is 0 Å².